The van der Waals surface area contributed by atoms with Gasteiger partial charge < -0.3 is 10.1 Å². The van der Waals surface area contributed by atoms with Crippen LogP contribution in [0.2, 0.25) is 5.02 Å². The minimum absolute atomic E-state index is 0.134. The van der Waals surface area contributed by atoms with Gasteiger partial charge in [0.15, 0.2) is 0 Å². The van der Waals surface area contributed by atoms with Crippen molar-refractivity contribution in [2.75, 3.05) is 7.11 Å². The minimum Gasteiger partial charge on any atom is -0.467 e. The standard InChI is InChI=1S/C19H21ClN2O3S/c1-11-15(21-17(26-11)12-4-8-14(20)9-5-12)10-16(23)22-19(2,13-6-7-13)18(24)25-3/h4-5,8-9,13H,6-7,10H2,1-3H3,(H,22,23). The highest BCUT2D eigenvalue weighted by Crippen LogP contribution is 2.40. The van der Waals surface area contributed by atoms with E-state index in [4.69, 9.17) is 16.3 Å². The highest BCUT2D eigenvalue weighted by molar-refractivity contribution is 7.15. The SMILES string of the molecule is COC(=O)C(C)(NC(=O)Cc1nc(-c2ccc(Cl)cc2)sc1C)C1CC1. The lowest BCUT2D eigenvalue weighted by molar-refractivity contribution is -0.151. The molecule has 0 bridgehead atoms. The van der Waals surface area contributed by atoms with E-state index in [0.29, 0.717) is 5.02 Å². The lowest BCUT2D eigenvalue weighted by Crippen LogP contribution is -2.55. The summed E-state index contributed by atoms with van der Waals surface area (Å²) in [4.78, 5) is 30.3. The van der Waals surface area contributed by atoms with E-state index in [9.17, 15) is 9.59 Å². The summed E-state index contributed by atoms with van der Waals surface area (Å²) in [5.74, 6) is -0.480. The van der Waals surface area contributed by atoms with Gasteiger partial charge in [-0.1, -0.05) is 23.7 Å². The number of nitrogens with zero attached hydrogens (tertiary/aromatic N) is 1. The molecule has 2 aromatic rings. The molecule has 1 atom stereocenters. The van der Waals surface area contributed by atoms with Crippen molar-refractivity contribution in [3.05, 3.63) is 39.9 Å². The van der Waals surface area contributed by atoms with E-state index in [2.05, 4.69) is 10.3 Å². The summed E-state index contributed by atoms with van der Waals surface area (Å²) in [6.07, 6.45) is 1.97. The number of nitrogens with one attached hydrogen (secondary N) is 1. The number of carbonyl (C=O) groups excluding carboxylic acids is 2. The molecular formula is C19H21ClN2O3S. The molecule has 1 saturated carbocycles. The topological polar surface area (TPSA) is 68.3 Å². The minimum atomic E-state index is -0.964. The Labute approximate surface area is 161 Å². The summed E-state index contributed by atoms with van der Waals surface area (Å²) in [5, 5.41) is 4.39. The summed E-state index contributed by atoms with van der Waals surface area (Å²) in [7, 11) is 1.35. The third-order valence-electron chi connectivity index (χ3n) is 4.71. The molecule has 1 N–H and O–H groups in total. The molecule has 1 fully saturated rings. The molecule has 1 aromatic heterocycles. The van der Waals surface area contributed by atoms with E-state index < -0.39 is 11.5 Å². The van der Waals surface area contributed by atoms with Crippen LogP contribution in [0.5, 0.6) is 0 Å². The van der Waals surface area contributed by atoms with E-state index in [1.165, 1.54) is 18.4 Å². The van der Waals surface area contributed by atoms with Crippen LogP contribution in [0.4, 0.5) is 0 Å². The van der Waals surface area contributed by atoms with Crippen molar-refractivity contribution in [3.63, 3.8) is 0 Å². The van der Waals surface area contributed by atoms with Gasteiger partial charge in [-0.05, 0) is 44.7 Å². The molecule has 138 valence electrons. The van der Waals surface area contributed by atoms with Crippen LogP contribution in [0.1, 0.15) is 30.3 Å². The number of hydrogen-bond acceptors (Lipinski definition) is 5. The maximum Gasteiger partial charge on any atom is 0.331 e. The molecular weight excluding hydrogens is 372 g/mol. The number of hydrogen-bond donors (Lipinski definition) is 1. The predicted octanol–water partition coefficient (Wildman–Crippen LogP) is 3.77. The first-order valence-electron chi connectivity index (χ1n) is 8.45. The van der Waals surface area contributed by atoms with E-state index in [1.54, 1.807) is 6.92 Å². The number of aromatic nitrogens is 1. The Morgan fingerprint density at radius 2 is 2.00 bits per heavy atom. The Morgan fingerprint density at radius 3 is 2.58 bits per heavy atom. The Hall–Kier alpha value is -1.92. The second kappa shape index (κ2) is 7.37. The average Bonchev–Trinajstić information content (AvgIpc) is 3.40. The van der Waals surface area contributed by atoms with Gasteiger partial charge in [-0.2, -0.15) is 0 Å². The molecule has 7 heteroatoms. The zero-order valence-electron chi connectivity index (χ0n) is 15.0. The molecule has 3 rings (SSSR count). The van der Waals surface area contributed by atoms with Crippen molar-refractivity contribution >= 4 is 34.8 Å². The molecule has 5 nitrogen and oxygen atoms in total. The largest absolute Gasteiger partial charge is 0.467 e. The monoisotopic (exact) mass is 392 g/mol. The van der Waals surface area contributed by atoms with Gasteiger partial charge >= 0.3 is 5.97 Å². The number of ether oxygens (including phenoxy) is 1. The Balaban J connectivity index is 1.73. The van der Waals surface area contributed by atoms with E-state index >= 15 is 0 Å². The first kappa shape index (κ1) is 18.9. The van der Waals surface area contributed by atoms with Gasteiger partial charge in [-0.25, -0.2) is 9.78 Å². The molecule has 1 amide bonds. The Kier molecular flexibility index (Phi) is 5.34. The number of esters is 1. The van der Waals surface area contributed by atoms with Crippen molar-refractivity contribution in [3.8, 4) is 10.6 Å². The number of rotatable bonds is 6. The fourth-order valence-electron chi connectivity index (χ4n) is 2.99. The zero-order valence-corrected chi connectivity index (χ0v) is 16.5. The highest BCUT2D eigenvalue weighted by atomic mass is 35.5. The lowest BCUT2D eigenvalue weighted by Gasteiger charge is -2.27. The van der Waals surface area contributed by atoms with Crippen LogP contribution in [0, 0.1) is 12.8 Å². The summed E-state index contributed by atoms with van der Waals surface area (Å²) in [5.41, 5.74) is 0.724. The molecule has 0 aliphatic heterocycles. The van der Waals surface area contributed by atoms with E-state index in [-0.39, 0.29) is 18.2 Å². The number of carbonyl (C=O) groups is 2. The van der Waals surface area contributed by atoms with Crippen molar-refractivity contribution in [1.82, 2.24) is 10.3 Å². The summed E-state index contributed by atoms with van der Waals surface area (Å²) >= 11 is 7.46. The Morgan fingerprint density at radius 1 is 1.35 bits per heavy atom. The van der Waals surface area contributed by atoms with Crippen LogP contribution in [-0.4, -0.2) is 29.5 Å². The summed E-state index contributed by atoms with van der Waals surface area (Å²) in [6.45, 7) is 3.68. The molecule has 0 radical (unpaired) electrons. The van der Waals surface area contributed by atoms with Crippen molar-refractivity contribution in [2.24, 2.45) is 5.92 Å². The Bertz CT molecular complexity index is 830. The predicted molar refractivity (Wildman–Crippen MR) is 102 cm³/mol. The molecule has 0 saturated heterocycles. The number of halogens is 1. The van der Waals surface area contributed by atoms with Crippen LogP contribution in [0.25, 0.3) is 10.6 Å². The third-order valence-corrected chi connectivity index (χ3v) is 6.03. The van der Waals surface area contributed by atoms with Crippen LogP contribution in [0.15, 0.2) is 24.3 Å². The molecule has 1 heterocycles. The van der Waals surface area contributed by atoms with Crippen molar-refractivity contribution < 1.29 is 14.3 Å². The van der Waals surface area contributed by atoms with Gasteiger partial charge in [0.25, 0.3) is 0 Å². The second-order valence-corrected chi connectivity index (χ2v) is 8.36. The van der Waals surface area contributed by atoms with Gasteiger partial charge in [-0.3, -0.25) is 4.79 Å². The summed E-state index contributed by atoms with van der Waals surface area (Å²) < 4.78 is 4.89. The van der Waals surface area contributed by atoms with E-state index in [0.717, 1.165) is 34.0 Å². The first-order chi connectivity index (χ1) is 12.3. The van der Waals surface area contributed by atoms with Crippen LogP contribution < -0.4 is 5.32 Å². The molecule has 1 aromatic carbocycles. The number of thiazole rings is 1. The first-order valence-corrected chi connectivity index (χ1v) is 9.64. The van der Waals surface area contributed by atoms with Crippen LogP contribution >= 0.6 is 22.9 Å². The number of benzene rings is 1. The van der Waals surface area contributed by atoms with Crippen molar-refractivity contribution in [2.45, 2.75) is 38.6 Å². The zero-order chi connectivity index (χ0) is 18.9. The third kappa shape index (κ3) is 3.91. The van der Waals surface area contributed by atoms with E-state index in [1.807, 2.05) is 31.2 Å². The molecule has 0 spiro atoms. The average molecular weight is 393 g/mol. The van der Waals surface area contributed by atoms with Crippen LogP contribution in [-0.2, 0) is 20.7 Å². The quantitative estimate of drug-likeness (QED) is 0.760. The number of amides is 1. The normalized spacial score (nSPS) is 16.0. The second-order valence-electron chi connectivity index (χ2n) is 6.72. The van der Waals surface area contributed by atoms with Crippen LogP contribution in [0.3, 0.4) is 0 Å². The molecule has 26 heavy (non-hydrogen) atoms. The lowest BCUT2D eigenvalue weighted by atomic mass is 9.95. The van der Waals surface area contributed by atoms with Gasteiger partial charge in [0.1, 0.15) is 10.5 Å². The summed E-state index contributed by atoms with van der Waals surface area (Å²) in [6, 6.07) is 7.45. The van der Waals surface area contributed by atoms with Gasteiger partial charge in [0, 0.05) is 15.5 Å². The molecule has 1 unspecified atom stereocenters. The number of aryl methyl sites for hydroxylation is 1. The van der Waals surface area contributed by atoms with Crippen molar-refractivity contribution in [1.29, 1.82) is 0 Å². The van der Waals surface area contributed by atoms with Gasteiger partial charge in [-0.15, -0.1) is 11.3 Å². The highest BCUT2D eigenvalue weighted by Gasteiger charge is 2.49. The molecule has 1 aliphatic carbocycles. The number of methoxy groups -OCH3 is 1. The molecule has 1 aliphatic rings. The maximum absolute atomic E-state index is 12.6. The fraction of sp³-hybridized carbons (Fsp3) is 0.421. The fourth-order valence-corrected chi connectivity index (χ4v) is 4.05. The smallest absolute Gasteiger partial charge is 0.331 e. The van der Waals surface area contributed by atoms with Gasteiger partial charge in [0.05, 0.1) is 19.2 Å². The maximum atomic E-state index is 12.6. The van der Waals surface area contributed by atoms with Gasteiger partial charge in [0.2, 0.25) is 5.91 Å².